The van der Waals surface area contributed by atoms with Gasteiger partial charge >= 0.3 is 0 Å². The zero-order chi connectivity index (χ0) is 19.4. The number of carbonyl (C=O) groups is 2. The number of benzene rings is 2. The van der Waals surface area contributed by atoms with Crippen molar-refractivity contribution in [3.8, 4) is 0 Å². The molecule has 0 saturated carbocycles. The Hall–Kier alpha value is -2.51. The van der Waals surface area contributed by atoms with E-state index in [0.717, 1.165) is 16.9 Å². The Morgan fingerprint density at radius 2 is 2.00 bits per heavy atom. The quantitative estimate of drug-likeness (QED) is 0.828. The first-order valence-corrected chi connectivity index (χ1v) is 9.64. The molecule has 0 aromatic heterocycles. The molecular formula is C20H23N3O3S. The molecule has 0 bridgehead atoms. The predicted molar refractivity (Wildman–Crippen MR) is 110 cm³/mol. The second-order valence-corrected chi connectivity index (χ2v) is 7.51. The van der Waals surface area contributed by atoms with Gasteiger partial charge in [-0.3, -0.25) is 14.5 Å². The minimum absolute atomic E-state index is 0.00520. The van der Waals surface area contributed by atoms with Gasteiger partial charge in [0.25, 0.3) is 0 Å². The third-order valence-electron chi connectivity index (χ3n) is 4.24. The highest BCUT2D eigenvalue weighted by Crippen LogP contribution is 2.42. The third-order valence-corrected chi connectivity index (χ3v) is 5.46. The van der Waals surface area contributed by atoms with Gasteiger partial charge in [-0.15, -0.1) is 11.8 Å². The molecule has 7 heteroatoms. The number of hydrogen-bond acceptors (Lipinski definition) is 5. The van der Waals surface area contributed by atoms with E-state index in [9.17, 15) is 9.59 Å². The first-order valence-electron chi connectivity index (χ1n) is 8.59. The van der Waals surface area contributed by atoms with Gasteiger partial charge in [0.2, 0.25) is 11.8 Å². The molecule has 1 unspecified atom stereocenters. The Morgan fingerprint density at radius 1 is 1.26 bits per heavy atom. The van der Waals surface area contributed by atoms with E-state index in [-0.39, 0.29) is 23.8 Å². The standard InChI is InChI=1S/C20H23N3O3S/c1-22(2)16-7-9-17(10-8-16)23-19(25)13-27-20(23)14-5-4-6-15(11-14)21-18(24)12-26-3/h4-11,20H,12-13H2,1-3H3,(H,21,24). The van der Waals surface area contributed by atoms with Crippen LogP contribution in [0.4, 0.5) is 17.1 Å². The van der Waals surface area contributed by atoms with Crippen molar-refractivity contribution >= 4 is 40.6 Å². The molecule has 0 aliphatic carbocycles. The predicted octanol–water partition coefficient (Wildman–Crippen LogP) is 3.12. The van der Waals surface area contributed by atoms with E-state index in [2.05, 4.69) is 5.32 Å². The molecule has 6 nitrogen and oxygen atoms in total. The molecule has 1 fully saturated rings. The van der Waals surface area contributed by atoms with Crippen LogP contribution in [-0.4, -0.2) is 45.4 Å². The fourth-order valence-electron chi connectivity index (χ4n) is 2.96. The molecule has 0 spiro atoms. The summed E-state index contributed by atoms with van der Waals surface area (Å²) < 4.78 is 4.85. The molecule has 2 aromatic rings. The summed E-state index contributed by atoms with van der Waals surface area (Å²) in [4.78, 5) is 28.1. The van der Waals surface area contributed by atoms with Crippen LogP contribution in [0.15, 0.2) is 48.5 Å². The zero-order valence-electron chi connectivity index (χ0n) is 15.6. The number of carbonyl (C=O) groups excluding carboxylic acids is 2. The van der Waals surface area contributed by atoms with Crippen LogP contribution in [0.2, 0.25) is 0 Å². The number of methoxy groups -OCH3 is 1. The van der Waals surface area contributed by atoms with E-state index < -0.39 is 0 Å². The number of nitrogens with zero attached hydrogens (tertiary/aromatic N) is 2. The lowest BCUT2D eigenvalue weighted by molar-refractivity contribution is -0.119. The molecule has 0 radical (unpaired) electrons. The van der Waals surface area contributed by atoms with Crippen molar-refractivity contribution in [2.45, 2.75) is 5.37 Å². The van der Waals surface area contributed by atoms with Crippen molar-refractivity contribution in [2.75, 3.05) is 48.7 Å². The molecule has 2 aromatic carbocycles. The van der Waals surface area contributed by atoms with Crippen molar-refractivity contribution in [1.29, 1.82) is 0 Å². The van der Waals surface area contributed by atoms with Crippen LogP contribution in [-0.2, 0) is 14.3 Å². The molecule has 1 N–H and O–H groups in total. The van der Waals surface area contributed by atoms with Gasteiger partial charge < -0.3 is 15.0 Å². The van der Waals surface area contributed by atoms with Crippen LogP contribution in [0.25, 0.3) is 0 Å². The van der Waals surface area contributed by atoms with E-state index in [0.29, 0.717) is 11.4 Å². The minimum atomic E-state index is -0.207. The first kappa shape index (κ1) is 19.3. The highest BCUT2D eigenvalue weighted by molar-refractivity contribution is 8.00. The van der Waals surface area contributed by atoms with Gasteiger partial charge in [-0.05, 0) is 42.0 Å². The van der Waals surface area contributed by atoms with Crippen LogP contribution in [0.5, 0.6) is 0 Å². The summed E-state index contributed by atoms with van der Waals surface area (Å²) in [7, 11) is 5.45. The summed E-state index contributed by atoms with van der Waals surface area (Å²) in [5.41, 5.74) is 3.61. The molecule has 1 atom stereocenters. The van der Waals surface area contributed by atoms with Crippen molar-refractivity contribution in [1.82, 2.24) is 0 Å². The maximum absolute atomic E-state index is 12.5. The third kappa shape index (κ3) is 4.43. The molecule has 1 aliphatic rings. The molecule has 1 saturated heterocycles. The topological polar surface area (TPSA) is 61.9 Å². The van der Waals surface area contributed by atoms with Crippen molar-refractivity contribution < 1.29 is 14.3 Å². The molecule has 3 rings (SSSR count). The normalized spacial score (nSPS) is 16.5. The lowest BCUT2D eigenvalue weighted by atomic mass is 10.1. The van der Waals surface area contributed by atoms with Gasteiger partial charge in [-0.2, -0.15) is 0 Å². The van der Waals surface area contributed by atoms with Gasteiger partial charge in [0.15, 0.2) is 0 Å². The number of amides is 2. The van der Waals surface area contributed by atoms with Crippen LogP contribution >= 0.6 is 11.8 Å². The number of hydrogen-bond donors (Lipinski definition) is 1. The maximum atomic E-state index is 12.5. The summed E-state index contributed by atoms with van der Waals surface area (Å²) in [5.74, 6) is 0.303. The van der Waals surface area contributed by atoms with E-state index >= 15 is 0 Å². The largest absolute Gasteiger partial charge is 0.378 e. The molecule has 27 heavy (non-hydrogen) atoms. The maximum Gasteiger partial charge on any atom is 0.250 e. The highest BCUT2D eigenvalue weighted by atomic mass is 32.2. The fraction of sp³-hybridized carbons (Fsp3) is 0.300. The number of thioether (sulfide) groups is 1. The van der Waals surface area contributed by atoms with Crippen LogP contribution < -0.4 is 15.1 Å². The van der Waals surface area contributed by atoms with E-state index in [1.165, 1.54) is 7.11 Å². The Bertz CT molecular complexity index is 823. The van der Waals surface area contributed by atoms with Gasteiger partial charge in [0.1, 0.15) is 12.0 Å². The van der Waals surface area contributed by atoms with E-state index in [4.69, 9.17) is 4.74 Å². The Labute approximate surface area is 163 Å². The van der Waals surface area contributed by atoms with Gasteiger partial charge in [-0.1, -0.05) is 12.1 Å². The summed E-state index contributed by atoms with van der Waals surface area (Å²) in [6.07, 6.45) is 0. The van der Waals surface area contributed by atoms with Crippen LogP contribution in [0.1, 0.15) is 10.9 Å². The minimum Gasteiger partial charge on any atom is -0.378 e. The molecule has 2 amide bonds. The number of rotatable bonds is 6. The fourth-order valence-corrected chi connectivity index (χ4v) is 4.13. The van der Waals surface area contributed by atoms with E-state index in [1.807, 2.05) is 72.4 Å². The molecule has 1 heterocycles. The second-order valence-electron chi connectivity index (χ2n) is 6.44. The Kier molecular flexibility index (Phi) is 6.03. The monoisotopic (exact) mass is 385 g/mol. The smallest absolute Gasteiger partial charge is 0.250 e. The summed E-state index contributed by atoms with van der Waals surface area (Å²) in [5, 5.41) is 2.69. The summed E-state index contributed by atoms with van der Waals surface area (Å²) >= 11 is 1.58. The Balaban J connectivity index is 1.84. The average Bonchev–Trinajstić information content (AvgIpc) is 3.03. The second kappa shape index (κ2) is 8.45. The van der Waals surface area contributed by atoms with Gasteiger partial charge in [0, 0.05) is 38.3 Å². The van der Waals surface area contributed by atoms with E-state index in [1.54, 1.807) is 11.8 Å². The summed E-state index contributed by atoms with van der Waals surface area (Å²) in [6, 6.07) is 15.5. The first-order chi connectivity index (χ1) is 13.0. The van der Waals surface area contributed by atoms with Crippen molar-refractivity contribution in [2.24, 2.45) is 0 Å². The molecule has 142 valence electrons. The van der Waals surface area contributed by atoms with Gasteiger partial charge in [0.05, 0.1) is 5.75 Å². The van der Waals surface area contributed by atoms with Crippen molar-refractivity contribution in [3.63, 3.8) is 0 Å². The highest BCUT2D eigenvalue weighted by Gasteiger charge is 2.34. The van der Waals surface area contributed by atoms with Gasteiger partial charge in [-0.25, -0.2) is 0 Å². The van der Waals surface area contributed by atoms with Crippen molar-refractivity contribution in [3.05, 3.63) is 54.1 Å². The average molecular weight is 385 g/mol. The lowest BCUT2D eigenvalue weighted by Gasteiger charge is -2.25. The molecule has 1 aliphatic heterocycles. The van der Waals surface area contributed by atoms with Crippen LogP contribution in [0.3, 0.4) is 0 Å². The summed E-state index contributed by atoms with van der Waals surface area (Å²) in [6.45, 7) is 0.00520. The lowest BCUT2D eigenvalue weighted by Crippen LogP contribution is -2.28. The van der Waals surface area contributed by atoms with Crippen LogP contribution in [0, 0.1) is 0 Å². The zero-order valence-corrected chi connectivity index (χ0v) is 16.5. The number of anilines is 3. The molecular weight excluding hydrogens is 362 g/mol. The Morgan fingerprint density at radius 3 is 2.67 bits per heavy atom. The number of nitrogens with one attached hydrogen (secondary N) is 1. The SMILES string of the molecule is COCC(=O)Nc1cccc(C2SCC(=O)N2c2ccc(N(C)C)cc2)c1. The number of ether oxygens (including phenoxy) is 1.